The molecule has 1 unspecified atom stereocenters. The number of nitrogens with one attached hydrogen (secondary N) is 2. The molecule has 1 aliphatic heterocycles. The molecule has 29 heavy (non-hydrogen) atoms. The number of amides is 1. The molecule has 4 rings (SSSR count). The van der Waals surface area contributed by atoms with E-state index in [2.05, 4.69) is 15.5 Å². The quantitative estimate of drug-likeness (QED) is 0.644. The Morgan fingerprint density at radius 3 is 2.72 bits per heavy atom. The van der Waals surface area contributed by atoms with Crippen LogP contribution in [-0.2, 0) is 4.84 Å². The van der Waals surface area contributed by atoms with Crippen LogP contribution < -0.4 is 10.9 Å². The van der Waals surface area contributed by atoms with E-state index in [0.717, 1.165) is 11.3 Å². The van der Waals surface area contributed by atoms with Crippen LogP contribution in [0.2, 0.25) is 4.34 Å². The van der Waals surface area contributed by atoms with E-state index in [1.54, 1.807) is 36.4 Å². The van der Waals surface area contributed by atoms with E-state index in [1.807, 2.05) is 0 Å². The minimum absolute atomic E-state index is 0.205. The van der Waals surface area contributed by atoms with Gasteiger partial charge in [-0.2, -0.15) is 0 Å². The second-order valence-electron chi connectivity index (χ2n) is 6.40. The summed E-state index contributed by atoms with van der Waals surface area (Å²) < 4.78 is 14.5. The van der Waals surface area contributed by atoms with Gasteiger partial charge >= 0.3 is 0 Å². The van der Waals surface area contributed by atoms with Crippen LogP contribution in [-0.4, -0.2) is 29.3 Å². The summed E-state index contributed by atoms with van der Waals surface area (Å²) in [6, 6.07) is 11.9. The number of H-pyrrole nitrogens is 1. The van der Waals surface area contributed by atoms with Crippen molar-refractivity contribution in [1.29, 1.82) is 0 Å². The lowest BCUT2D eigenvalue weighted by Gasteiger charge is -2.09. The molecule has 2 N–H and O–H groups in total. The maximum Gasteiger partial charge on any atom is 0.284 e. The van der Waals surface area contributed by atoms with Crippen LogP contribution >= 0.6 is 22.9 Å². The summed E-state index contributed by atoms with van der Waals surface area (Å²) in [6.07, 6.45) is 1.67. The average Bonchev–Trinajstić information content (AvgIpc) is 3.38. The van der Waals surface area contributed by atoms with Gasteiger partial charge in [0.1, 0.15) is 6.10 Å². The van der Waals surface area contributed by atoms with Crippen LogP contribution in [0.4, 0.5) is 4.39 Å². The summed E-state index contributed by atoms with van der Waals surface area (Å²) in [5.41, 5.74) is 1.64. The number of thiophene rings is 1. The third kappa shape index (κ3) is 4.23. The number of carbonyl (C=O) groups is 1. The number of nitrogens with zero attached hydrogens (tertiary/aromatic N) is 1. The SMILES string of the molecule is O=C(NCC1CC(c2ccc(-c3cc[nH]c(=O)c3F)cc2)=NO1)c1ccc(Cl)s1. The maximum atomic E-state index is 14.0. The minimum atomic E-state index is -0.815. The summed E-state index contributed by atoms with van der Waals surface area (Å²) in [5.74, 6) is -1.02. The second kappa shape index (κ2) is 8.18. The highest BCUT2D eigenvalue weighted by atomic mass is 35.5. The van der Waals surface area contributed by atoms with E-state index < -0.39 is 11.4 Å². The summed E-state index contributed by atoms with van der Waals surface area (Å²) >= 11 is 7.06. The molecule has 0 radical (unpaired) electrons. The molecule has 0 aliphatic carbocycles. The van der Waals surface area contributed by atoms with Crippen LogP contribution in [0, 0.1) is 5.82 Å². The van der Waals surface area contributed by atoms with Gasteiger partial charge in [-0.1, -0.05) is 41.0 Å². The van der Waals surface area contributed by atoms with Crippen LogP contribution in [0.15, 0.2) is 58.6 Å². The van der Waals surface area contributed by atoms with Crippen molar-refractivity contribution in [2.24, 2.45) is 5.16 Å². The van der Waals surface area contributed by atoms with E-state index in [1.165, 1.54) is 23.6 Å². The number of benzene rings is 1. The first kappa shape index (κ1) is 19.4. The minimum Gasteiger partial charge on any atom is -0.390 e. The number of halogens is 2. The Morgan fingerprint density at radius 1 is 1.24 bits per heavy atom. The Balaban J connectivity index is 1.37. The molecule has 3 heterocycles. The summed E-state index contributed by atoms with van der Waals surface area (Å²) in [7, 11) is 0. The first-order chi connectivity index (χ1) is 14.0. The number of carbonyl (C=O) groups excluding carboxylic acids is 1. The van der Waals surface area contributed by atoms with E-state index >= 15 is 0 Å². The first-order valence-electron chi connectivity index (χ1n) is 8.75. The molecule has 1 atom stereocenters. The van der Waals surface area contributed by atoms with E-state index in [0.29, 0.717) is 27.7 Å². The largest absolute Gasteiger partial charge is 0.390 e. The van der Waals surface area contributed by atoms with E-state index in [9.17, 15) is 14.0 Å². The fourth-order valence-electron chi connectivity index (χ4n) is 2.96. The zero-order valence-corrected chi connectivity index (χ0v) is 16.5. The smallest absolute Gasteiger partial charge is 0.284 e. The van der Waals surface area contributed by atoms with E-state index in [-0.39, 0.29) is 17.6 Å². The monoisotopic (exact) mass is 431 g/mol. The molecule has 1 aliphatic rings. The first-order valence-corrected chi connectivity index (χ1v) is 9.95. The highest BCUT2D eigenvalue weighted by Crippen LogP contribution is 2.24. The second-order valence-corrected chi connectivity index (χ2v) is 8.11. The van der Waals surface area contributed by atoms with Gasteiger partial charge in [-0.25, -0.2) is 4.39 Å². The lowest BCUT2D eigenvalue weighted by molar-refractivity contribution is 0.0755. The molecule has 3 aromatic rings. The molecule has 0 fully saturated rings. The molecule has 148 valence electrons. The van der Waals surface area contributed by atoms with Crippen LogP contribution in [0.25, 0.3) is 11.1 Å². The Bertz CT molecular complexity index is 1140. The molecule has 0 bridgehead atoms. The van der Waals surface area contributed by atoms with Gasteiger partial charge < -0.3 is 15.1 Å². The van der Waals surface area contributed by atoms with Crippen molar-refractivity contribution in [3.05, 3.63) is 79.6 Å². The summed E-state index contributed by atoms with van der Waals surface area (Å²) in [6.45, 7) is 0.317. The Labute approximate surface area is 174 Å². The number of hydrogen-bond acceptors (Lipinski definition) is 5. The lowest BCUT2D eigenvalue weighted by Crippen LogP contribution is -2.31. The van der Waals surface area contributed by atoms with Crippen molar-refractivity contribution in [3.8, 4) is 11.1 Å². The Hall–Kier alpha value is -2.97. The Morgan fingerprint density at radius 2 is 2.00 bits per heavy atom. The third-order valence-electron chi connectivity index (χ3n) is 4.45. The van der Waals surface area contributed by atoms with Crippen molar-refractivity contribution in [3.63, 3.8) is 0 Å². The molecule has 0 saturated carbocycles. The number of oxime groups is 1. The molecule has 1 amide bonds. The van der Waals surface area contributed by atoms with Crippen LogP contribution in [0.3, 0.4) is 0 Å². The van der Waals surface area contributed by atoms with Crippen molar-refractivity contribution in [2.75, 3.05) is 6.54 Å². The van der Waals surface area contributed by atoms with Gasteiger partial charge in [-0.3, -0.25) is 9.59 Å². The Kier molecular flexibility index (Phi) is 5.46. The average molecular weight is 432 g/mol. The van der Waals surface area contributed by atoms with Gasteiger partial charge in [0, 0.05) is 18.2 Å². The fourth-order valence-corrected chi connectivity index (χ4v) is 3.92. The molecule has 1 aromatic carbocycles. The molecule has 0 spiro atoms. The molecule has 6 nitrogen and oxygen atoms in total. The number of pyridine rings is 1. The van der Waals surface area contributed by atoms with Gasteiger partial charge in [0.2, 0.25) is 0 Å². The third-order valence-corrected chi connectivity index (χ3v) is 5.68. The van der Waals surface area contributed by atoms with Crippen LogP contribution in [0.1, 0.15) is 21.7 Å². The normalized spacial score (nSPS) is 15.7. The molecule has 2 aromatic heterocycles. The number of aromatic amines is 1. The molecular weight excluding hydrogens is 417 g/mol. The number of rotatable bonds is 5. The van der Waals surface area contributed by atoms with Crippen molar-refractivity contribution < 1.29 is 14.0 Å². The lowest BCUT2D eigenvalue weighted by atomic mass is 10.0. The predicted molar refractivity (Wildman–Crippen MR) is 110 cm³/mol. The van der Waals surface area contributed by atoms with Gasteiger partial charge in [0.05, 0.1) is 21.5 Å². The van der Waals surface area contributed by atoms with Gasteiger partial charge in [0.15, 0.2) is 5.82 Å². The van der Waals surface area contributed by atoms with Crippen molar-refractivity contribution in [2.45, 2.75) is 12.5 Å². The topological polar surface area (TPSA) is 83.5 Å². The van der Waals surface area contributed by atoms with Crippen molar-refractivity contribution in [1.82, 2.24) is 10.3 Å². The maximum absolute atomic E-state index is 14.0. The zero-order valence-electron chi connectivity index (χ0n) is 14.9. The summed E-state index contributed by atoms with van der Waals surface area (Å²) in [4.78, 5) is 31.8. The fraction of sp³-hybridized carbons (Fsp3) is 0.150. The standard InChI is InChI=1S/C20H15ClFN3O3S/c21-17-6-5-16(29-17)19(26)24-10-13-9-15(25-28-13)12-3-1-11(2-4-12)14-7-8-23-20(27)18(14)22/h1-8,13H,9-10H2,(H,23,27)(H,24,26). The van der Waals surface area contributed by atoms with Gasteiger partial charge in [0.25, 0.3) is 11.5 Å². The highest BCUT2D eigenvalue weighted by Gasteiger charge is 2.23. The molecule has 9 heteroatoms. The highest BCUT2D eigenvalue weighted by molar-refractivity contribution is 7.17. The predicted octanol–water partition coefficient (Wildman–Crippen LogP) is 3.82. The zero-order chi connectivity index (χ0) is 20.4. The molecule has 0 saturated heterocycles. The number of aromatic nitrogens is 1. The number of hydrogen-bond donors (Lipinski definition) is 2. The summed E-state index contributed by atoms with van der Waals surface area (Å²) in [5, 5.41) is 6.90. The van der Waals surface area contributed by atoms with Gasteiger partial charge in [-0.05, 0) is 29.3 Å². The van der Waals surface area contributed by atoms with E-state index in [4.69, 9.17) is 16.4 Å². The van der Waals surface area contributed by atoms with Gasteiger partial charge in [-0.15, -0.1) is 11.3 Å². The van der Waals surface area contributed by atoms with Crippen LogP contribution in [0.5, 0.6) is 0 Å². The van der Waals surface area contributed by atoms with Crippen molar-refractivity contribution >= 4 is 34.6 Å². The molecular formula is C20H15ClFN3O3S.